The van der Waals surface area contributed by atoms with Gasteiger partial charge in [-0.1, -0.05) is 63.9 Å². The van der Waals surface area contributed by atoms with Gasteiger partial charge in [-0.25, -0.2) is 8.42 Å². The summed E-state index contributed by atoms with van der Waals surface area (Å²) in [5, 5.41) is 3.47. The zero-order valence-corrected chi connectivity index (χ0v) is 26.1. The number of carbonyl (C=O) groups excluding carboxylic acids is 2. The van der Waals surface area contributed by atoms with Crippen LogP contribution in [-0.4, -0.2) is 39.1 Å². The number of hydrogen-bond donors (Lipinski definition) is 2. The maximum Gasteiger partial charge on any atom is 0.247 e. The second-order valence-electron chi connectivity index (χ2n) is 10.0. The minimum Gasteiger partial charge on any atom is -0.494 e. The van der Waals surface area contributed by atoms with Crippen LogP contribution >= 0.6 is 27.5 Å². The van der Waals surface area contributed by atoms with E-state index < -0.39 is 21.7 Å². The molecule has 0 fully saturated rings. The second kappa shape index (κ2) is 13.7. The highest BCUT2D eigenvalue weighted by Crippen LogP contribution is 2.36. The number of allylic oxidation sites excluding steroid dienone is 1. The highest BCUT2D eigenvalue weighted by molar-refractivity contribution is 9.10. The van der Waals surface area contributed by atoms with E-state index in [2.05, 4.69) is 26.0 Å². The first kappa shape index (κ1) is 30.8. The highest BCUT2D eigenvalue weighted by Gasteiger charge is 2.26. The van der Waals surface area contributed by atoms with Crippen LogP contribution in [0.3, 0.4) is 0 Å². The first-order valence-electron chi connectivity index (χ1n) is 13.3. The largest absolute Gasteiger partial charge is 0.494 e. The average Bonchev–Trinajstić information content (AvgIpc) is 3.29. The van der Waals surface area contributed by atoms with Crippen molar-refractivity contribution in [2.24, 2.45) is 0 Å². The average molecular weight is 660 g/mol. The Balaban J connectivity index is 1.32. The summed E-state index contributed by atoms with van der Waals surface area (Å²) in [4.78, 5) is 25.4. The zero-order valence-electron chi connectivity index (χ0n) is 22.9. The lowest BCUT2D eigenvalue weighted by Gasteiger charge is -2.12. The fourth-order valence-electron chi connectivity index (χ4n) is 4.81. The van der Waals surface area contributed by atoms with Crippen molar-refractivity contribution < 1.29 is 22.7 Å². The molecule has 2 amide bonds. The van der Waals surface area contributed by atoms with E-state index in [-0.39, 0.29) is 18.9 Å². The maximum absolute atomic E-state index is 13.2. The summed E-state index contributed by atoms with van der Waals surface area (Å²) in [5.74, 6) is -0.583. The lowest BCUT2D eigenvalue weighted by atomic mass is 10.0. The van der Waals surface area contributed by atoms with Crippen LogP contribution in [-0.2, 0) is 32.5 Å². The molecule has 0 atom stereocenters. The van der Waals surface area contributed by atoms with Crippen molar-refractivity contribution >= 4 is 54.9 Å². The molecule has 7 nitrogen and oxygen atoms in total. The van der Waals surface area contributed by atoms with Crippen LogP contribution in [0.15, 0.2) is 70.7 Å². The van der Waals surface area contributed by atoms with E-state index in [0.717, 1.165) is 43.1 Å². The SMILES string of the molecule is Cc1cc(OCCCC2=C(C(=O)NCCS(=O)(=O)NC(=O)Cc3ccc(Br)cc3)Cc3ccccc32)cc(C)c1Cl. The Kier molecular flexibility index (Phi) is 10.3. The lowest BCUT2D eigenvalue weighted by Crippen LogP contribution is -2.38. The molecule has 0 spiro atoms. The number of sulfonamides is 1. The van der Waals surface area contributed by atoms with Gasteiger partial charge in [0.05, 0.1) is 18.8 Å². The van der Waals surface area contributed by atoms with Crippen molar-refractivity contribution in [3.05, 3.63) is 104 Å². The van der Waals surface area contributed by atoms with Gasteiger partial charge in [-0.2, -0.15) is 0 Å². The highest BCUT2D eigenvalue weighted by atomic mass is 79.9. The number of benzene rings is 3. The molecular formula is C31H32BrClN2O5S. The summed E-state index contributed by atoms with van der Waals surface area (Å²) < 4.78 is 33.8. The Bertz CT molecular complexity index is 1560. The second-order valence-corrected chi connectivity index (χ2v) is 13.2. The van der Waals surface area contributed by atoms with Gasteiger partial charge in [0.15, 0.2) is 0 Å². The predicted octanol–water partition coefficient (Wildman–Crippen LogP) is 5.69. The lowest BCUT2D eigenvalue weighted by molar-refractivity contribution is -0.119. The Labute approximate surface area is 254 Å². The van der Waals surface area contributed by atoms with Crippen LogP contribution in [0.4, 0.5) is 0 Å². The molecule has 10 heteroatoms. The normalized spacial score (nSPS) is 12.7. The fourth-order valence-corrected chi connectivity index (χ4v) is 6.08. The van der Waals surface area contributed by atoms with Gasteiger partial charge in [0.2, 0.25) is 21.8 Å². The number of fused-ring (bicyclic) bond motifs is 1. The number of amides is 2. The van der Waals surface area contributed by atoms with E-state index in [0.29, 0.717) is 37.0 Å². The third-order valence-corrected chi connectivity index (χ3v) is 9.21. The Morgan fingerprint density at radius 3 is 2.41 bits per heavy atom. The first-order chi connectivity index (χ1) is 19.5. The Morgan fingerprint density at radius 1 is 1.02 bits per heavy atom. The molecule has 4 rings (SSSR count). The fraction of sp³-hybridized carbons (Fsp3) is 0.290. The Morgan fingerprint density at radius 2 is 1.71 bits per heavy atom. The number of ether oxygens (including phenoxy) is 1. The molecule has 0 heterocycles. The number of rotatable bonds is 12. The smallest absolute Gasteiger partial charge is 0.247 e. The number of carbonyl (C=O) groups is 2. The minimum atomic E-state index is -3.91. The molecule has 0 radical (unpaired) electrons. The molecule has 0 unspecified atom stereocenters. The van der Waals surface area contributed by atoms with Gasteiger partial charge in [0.25, 0.3) is 0 Å². The van der Waals surface area contributed by atoms with Crippen LogP contribution in [0.5, 0.6) is 5.75 Å². The molecule has 2 N–H and O–H groups in total. The molecule has 3 aromatic carbocycles. The number of hydrogen-bond acceptors (Lipinski definition) is 5. The number of nitrogens with one attached hydrogen (secondary N) is 2. The maximum atomic E-state index is 13.2. The van der Waals surface area contributed by atoms with Gasteiger partial charge in [0.1, 0.15) is 5.75 Å². The van der Waals surface area contributed by atoms with E-state index in [1.54, 1.807) is 24.3 Å². The molecule has 216 valence electrons. The summed E-state index contributed by atoms with van der Waals surface area (Å²) in [6.07, 6.45) is 1.74. The first-order valence-corrected chi connectivity index (χ1v) is 16.1. The summed E-state index contributed by atoms with van der Waals surface area (Å²) in [6.45, 7) is 4.23. The molecule has 41 heavy (non-hydrogen) atoms. The summed E-state index contributed by atoms with van der Waals surface area (Å²) in [5.41, 5.74) is 6.27. The molecule has 0 saturated heterocycles. The van der Waals surface area contributed by atoms with E-state index in [1.807, 2.05) is 50.2 Å². The van der Waals surface area contributed by atoms with E-state index in [1.165, 1.54) is 0 Å². The van der Waals surface area contributed by atoms with Crippen molar-refractivity contribution in [1.82, 2.24) is 10.0 Å². The molecule has 0 saturated carbocycles. The summed E-state index contributed by atoms with van der Waals surface area (Å²) in [6, 6.07) is 18.8. The van der Waals surface area contributed by atoms with E-state index >= 15 is 0 Å². The van der Waals surface area contributed by atoms with Crippen molar-refractivity contribution in [3.8, 4) is 5.75 Å². The predicted molar refractivity (Wildman–Crippen MR) is 166 cm³/mol. The number of halogens is 2. The molecule has 0 bridgehead atoms. The van der Waals surface area contributed by atoms with Gasteiger partial charge < -0.3 is 10.1 Å². The molecule has 3 aromatic rings. The molecule has 0 aromatic heterocycles. The van der Waals surface area contributed by atoms with Crippen molar-refractivity contribution in [3.63, 3.8) is 0 Å². The number of aryl methyl sites for hydroxylation is 2. The third kappa shape index (κ3) is 8.44. The van der Waals surface area contributed by atoms with Gasteiger partial charge in [0, 0.05) is 28.0 Å². The summed E-state index contributed by atoms with van der Waals surface area (Å²) >= 11 is 9.58. The van der Waals surface area contributed by atoms with Crippen molar-refractivity contribution in [2.45, 2.75) is 39.5 Å². The van der Waals surface area contributed by atoms with Crippen molar-refractivity contribution in [1.29, 1.82) is 0 Å². The zero-order chi connectivity index (χ0) is 29.6. The van der Waals surface area contributed by atoms with Crippen molar-refractivity contribution in [2.75, 3.05) is 18.9 Å². The molecule has 1 aliphatic rings. The monoisotopic (exact) mass is 658 g/mol. The molecule has 0 aliphatic heterocycles. The van der Waals surface area contributed by atoms with Crippen LogP contribution < -0.4 is 14.8 Å². The van der Waals surface area contributed by atoms with Crippen LogP contribution in [0.1, 0.15) is 40.7 Å². The standard InChI is InChI=1S/C31H32BrClN2O5S/c1-20-16-25(17-21(2)30(20)33)40-14-5-8-27-26-7-4-3-6-23(26)19-28(27)31(37)34-13-15-41(38,39)35-29(36)18-22-9-11-24(32)12-10-22/h3-4,6-7,9-12,16-17H,5,8,13-15,18-19H2,1-2H3,(H,34,37)(H,35,36). The van der Waals surface area contributed by atoms with E-state index in [4.69, 9.17) is 16.3 Å². The topological polar surface area (TPSA) is 102 Å². The quantitative estimate of drug-likeness (QED) is 0.243. The summed E-state index contributed by atoms with van der Waals surface area (Å²) in [7, 11) is -3.91. The molecule has 1 aliphatic carbocycles. The van der Waals surface area contributed by atoms with Crippen LogP contribution in [0, 0.1) is 13.8 Å². The van der Waals surface area contributed by atoms with Gasteiger partial charge in [-0.05, 0) is 84.3 Å². The van der Waals surface area contributed by atoms with Crippen LogP contribution in [0.25, 0.3) is 5.57 Å². The molecular weight excluding hydrogens is 628 g/mol. The van der Waals surface area contributed by atoms with Gasteiger partial charge in [-0.3, -0.25) is 14.3 Å². The third-order valence-electron chi connectivity index (χ3n) is 6.80. The Hall–Kier alpha value is -3.14. The van der Waals surface area contributed by atoms with Gasteiger partial charge >= 0.3 is 0 Å². The van der Waals surface area contributed by atoms with Gasteiger partial charge in [-0.15, -0.1) is 0 Å². The minimum absolute atomic E-state index is 0.0612. The van der Waals surface area contributed by atoms with Crippen LogP contribution in [0.2, 0.25) is 5.02 Å². The van der Waals surface area contributed by atoms with E-state index in [9.17, 15) is 18.0 Å².